The zero-order valence-electron chi connectivity index (χ0n) is 11.8. The van der Waals surface area contributed by atoms with Crippen molar-refractivity contribution < 1.29 is 8.42 Å². The monoisotopic (exact) mass is 289 g/mol. The minimum absolute atomic E-state index is 0.107. The Balaban J connectivity index is 2.22. The van der Waals surface area contributed by atoms with Crippen LogP contribution in [0, 0.1) is 6.92 Å². The van der Waals surface area contributed by atoms with E-state index in [2.05, 4.69) is 11.4 Å². The summed E-state index contributed by atoms with van der Waals surface area (Å²) in [5.74, 6) is 0.107. The van der Waals surface area contributed by atoms with Crippen molar-refractivity contribution in [2.24, 2.45) is 0 Å². The van der Waals surface area contributed by atoms with Gasteiger partial charge in [0.2, 0.25) is 0 Å². The maximum atomic E-state index is 12.0. The Hall–Kier alpha value is -1.81. The minimum atomic E-state index is -3.20. The third kappa shape index (κ3) is 3.39. The number of hydrogen-bond acceptors (Lipinski definition) is 3. The number of aryl methyl sites for hydroxylation is 1. The summed E-state index contributed by atoms with van der Waals surface area (Å²) >= 11 is 0. The molecule has 0 aliphatic carbocycles. The SMILES string of the molecule is CCS(=O)(=O)c1ccccc1NCc1cccc(C)c1. The number of rotatable bonds is 5. The van der Waals surface area contributed by atoms with Crippen molar-refractivity contribution in [3.63, 3.8) is 0 Å². The van der Waals surface area contributed by atoms with Crippen LogP contribution in [0.3, 0.4) is 0 Å². The molecular formula is C16H19NO2S. The molecule has 0 spiro atoms. The van der Waals surface area contributed by atoms with Gasteiger partial charge in [-0.05, 0) is 24.6 Å². The molecule has 106 valence electrons. The highest BCUT2D eigenvalue weighted by molar-refractivity contribution is 7.91. The van der Waals surface area contributed by atoms with E-state index in [0.29, 0.717) is 17.1 Å². The number of benzene rings is 2. The predicted molar refractivity (Wildman–Crippen MR) is 82.7 cm³/mol. The maximum Gasteiger partial charge on any atom is 0.180 e. The van der Waals surface area contributed by atoms with Crippen molar-refractivity contribution >= 4 is 15.5 Å². The first-order chi connectivity index (χ1) is 9.53. The fraction of sp³-hybridized carbons (Fsp3) is 0.250. The molecule has 2 aromatic carbocycles. The van der Waals surface area contributed by atoms with E-state index in [1.54, 1.807) is 25.1 Å². The normalized spacial score (nSPS) is 11.3. The van der Waals surface area contributed by atoms with E-state index in [0.717, 1.165) is 5.56 Å². The van der Waals surface area contributed by atoms with Crippen LogP contribution < -0.4 is 5.32 Å². The summed E-state index contributed by atoms with van der Waals surface area (Å²) in [6, 6.07) is 15.2. The summed E-state index contributed by atoms with van der Waals surface area (Å²) in [4.78, 5) is 0.371. The molecule has 0 saturated heterocycles. The fourth-order valence-corrected chi connectivity index (χ4v) is 3.13. The number of para-hydroxylation sites is 1. The van der Waals surface area contributed by atoms with Gasteiger partial charge in [0, 0.05) is 6.54 Å². The number of nitrogens with one attached hydrogen (secondary N) is 1. The smallest absolute Gasteiger partial charge is 0.180 e. The molecule has 2 rings (SSSR count). The van der Waals surface area contributed by atoms with Crippen molar-refractivity contribution in [2.75, 3.05) is 11.1 Å². The Bertz CT molecular complexity index is 693. The summed E-state index contributed by atoms with van der Waals surface area (Å²) in [7, 11) is -3.20. The lowest BCUT2D eigenvalue weighted by Gasteiger charge is -2.12. The van der Waals surface area contributed by atoms with Crippen molar-refractivity contribution in [3.05, 3.63) is 59.7 Å². The molecule has 0 unspecified atom stereocenters. The molecule has 1 N–H and O–H groups in total. The third-order valence-electron chi connectivity index (χ3n) is 3.17. The van der Waals surface area contributed by atoms with Crippen LogP contribution in [-0.4, -0.2) is 14.2 Å². The van der Waals surface area contributed by atoms with Crippen LogP contribution in [0.1, 0.15) is 18.1 Å². The summed E-state index contributed by atoms with van der Waals surface area (Å²) in [6.45, 7) is 4.31. The van der Waals surface area contributed by atoms with Crippen LogP contribution in [0.15, 0.2) is 53.4 Å². The molecule has 2 aromatic rings. The average molecular weight is 289 g/mol. The number of hydrogen-bond donors (Lipinski definition) is 1. The van der Waals surface area contributed by atoms with E-state index in [1.807, 2.05) is 31.2 Å². The molecule has 0 fully saturated rings. The van der Waals surface area contributed by atoms with Crippen molar-refractivity contribution in [1.29, 1.82) is 0 Å². The Kier molecular flexibility index (Phi) is 4.45. The van der Waals surface area contributed by atoms with Gasteiger partial charge in [-0.3, -0.25) is 0 Å². The van der Waals surface area contributed by atoms with Gasteiger partial charge in [-0.2, -0.15) is 0 Å². The lowest BCUT2D eigenvalue weighted by molar-refractivity contribution is 0.597. The van der Waals surface area contributed by atoms with Crippen molar-refractivity contribution in [2.45, 2.75) is 25.3 Å². The first kappa shape index (κ1) is 14.6. The molecule has 0 atom stereocenters. The van der Waals surface area contributed by atoms with E-state index in [9.17, 15) is 8.42 Å². The standard InChI is InChI=1S/C16H19NO2S/c1-3-20(18,19)16-10-5-4-9-15(16)17-12-14-8-6-7-13(2)11-14/h4-11,17H,3,12H2,1-2H3. The van der Waals surface area contributed by atoms with Crippen LogP contribution in [0.25, 0.3) is 0 Å². The van der Waals surface area contributed by atoms with Crippen LogP contribution in [0.4, 0.5) is 5.69 Å². The first-order valence-corrected chi connectivity index (χ1v) is 8.29. The molecule has 0 heterocycles. The van der Waals surface area contributed by atoms with Gasteiger partial charge in [0.05, 0.1) is 16.3 Å². The number of sulfone groups is 1. The molecule has 0 aromatic heterocycles. The summed E-state index contributed by atoms with van der Waals surface area (Å²) < 4.78 is 24.1. The van der Waals surface area contributed by atoms with E-state index < -0.39 is 9.84 Å². The third-order valence-corrected chi connectivity index (χ3v) is 4.95. The van der Waals surface area contributed by atoms with Gasteiger partial charge in [0.15, 0.2) is 9.84 Å². The Morgan fingerprint density at radius 3 is 2.50 bits per heavy atom. The van der Waals surface area contributed by atoms with Gasteiger partial charge >= 0.3 is 0 Å². The second kappa shape index (κ2) is 6.09. The Labute approximate surface area is 120 Å². The largest absolute Gasteiger partial charge is 0.380 e. The molecule has 0 amide bonds. The average Bonchev–Trinajstić information content (AvgIpc) is 2.45. The lowest BCUT2D eigenvalue weighted by atomic mass is 10.1. The molecule has 0 radical (unpaired) electrons. The van der Waals surface area contributed by atoms with Crippen molar-refractivity contribution in [1.82, 2.24) is 0 Å². The highest BCUT2D eigenvalue weighted by Gasteiger charge is 2.15. The van der Waals surface area contributed by atoms with Crippen LogP contribution in [0.2, 0.25) is 0 Å². The summed E-state index contributed by atoms with van der Waals surface area (Å²) in [6.07, 6.45) is 0. The lowest BCUT2D eigenvalue weighted by Crippen LogP contribution is -2.09. The zero-order chi connectivity index (χ0) is 14.6. The summed E-state index contributed by atoms with van der Waals surface area (Å²) in [5, 5.41) is 3.22. The molecular weight excluding hydrogens is 270 g/mol. The second-order valence-electron chi connectivity index (χ2n) is 4.74. The second-order valence-corrected chi connectivity index (χ2v) is 6.99. The van der Waals surface area contributed by atoms with Crippen LogP contribution >= 0.6 is 0 Å². The van der Waals surface area contributed by atoms with E-state index in [4.69, 9.17) is 0 Å². The van der Waals surface area contributed by atoms with Gasteiger partial charge < -0.3 is 5.32 Å². The van der Waals surface area contributed by atoms with Crippen molar-refractivity contribution in [3.8, 4) is 0 Å². The maximum absolute atomic E-state index is 12.0. The molecule has 3 nitrogen and oxygen atoms in total. The Morgan fingerprint density at radius 2 is 1.80 bits per heavy atom. The first-order valence-electron chi connectivity index (χ1n) is 6.64. The highest BCUT2D eigenvalue weighted by atomic mass is 32.2. The molecule has 0 saturated carbocycles. The van der Waals surface area contributed by atoms with Gasteiger partial charge in [0.25, 0.3) is 0 Å². The van der Waals surface area contributed by atoms with E-state index in [-0.39, 0.29) is 5.75 Å². The molecule has 4 heteroatoms. The summed E-state index contributed by atoms with van der Waals surface area (Å²) in [5.41, 5.74) is 2.99. The molecule has 0 bridgehead atoms. The van der Waals surface area contributed by atoms with Gasteiger partial charge in [-0.15, -0.1) is 0 Å². The van der Waals surface area contributed by atoms with Crippen LogP contribution in [0.5, 0.6) is 0 Å². The van der Waals surface area contributed by atoms with E-state index >= 15 is 0 Å². The minimum Gasteiger partial charge on any atom is -0.380 e. The predicted octanol–water partition coefficient (Wildman–Crippen LogP) is 3.40. The zero-order valence-corrected chi connectivity index (χ0v) is 12.6. The topological polar surface area (TPSA) is 46.2 Å². The highest BCUT2D eigenvalue weighted by Crippen LogP contribution is 2.22. The van der Waals surface area contributed by atoms with Crippen LogP contribution in [-0.2, 0) is 16.4 Å². The number of anilines is 1. The van der Waals surface area contributed by atoms with Gasteiger partial charge in [0.1, 0.15) is 0 Å². The molecule has 0 aliphatic rings. The van der Waals surface area contributed by atoms with Gasteiger partial charge in [-0.25, -0.2) is 8.42 Å². The fourth-order valence-electron chi connectivity index (χ4n) is 2.06. The molecule has 20 heavy (non-hydrogen) atoms. The molecule has 0 aliphatic heterocycles. The van der Waals surface area contributed by atoms with Gasteiger partial charge in [-0.1, -0.05) is 48.9 Å². The Morgan fingerprint density at radius 1 is 1.05 bits per heavy atom. The van der Waals surface area contributed by atoms with E-state index in [1.165, 1.54) is 5.56 Å². The quantitative estimate of drug-likeness (QED) is 0.917.